The van der Waals surface area contributed by atoms with Gasteiger partial charge in [0, 0.05) is 6.26 Å². The van der Waals surface area contributed by atoms with Crippen molar-refractivity contribution in [1.29, 1.82) is 0 Å². The van der Waals surface area contributed by atoms with E-state index in [9.17, 15) is 13.2 Å². The molecule has 0 aromatic rings. The maximum Gasteiger partial charge on any atom is 0.183 e. The third-order valence-electron chi connectivity index (χ3n) is 2.22. The Kier molecular flexibility index (Phi) is 2.35. The second-order valence-corrected chi connectivity index (χ2v) is 6.54. The van der Waals surface area contributed by atoms with E-state index in [-0.39, 0.29) is 11.3 Å². The van der Waals surface area contributed by atoms with Crippen LogP contribution in [0.15, 0.2) is 0 Å². The number of epoxide rings is 1. The lowest BCUT2D eigenvalue weighted by molar-refractivity contribution is -0.115. The average molecular weight is 224 g/mol. The van der Waals surface area contributed by atoms with Crippen molar-refractivity contribution in [1.82, 2.24) is 0 Å². The molecular weight excluding hydrogens is 211 g/mol. The van der Waals surface area contributed by atoms with E-state index in [1.54, 1.807) is 13.8 Å². The maximum atomic E-state index is 11.2. The Morgan fingerprint density at radius 2 is 1.85 bits per heavy atom. The minimum atomic E-state index is -3.19. The molecule has 1 aliphatic rings. The standard InChI is InChI=1S/C7H13O4PS/c1-6(2)7(11-6,5(8)12)4-13(3,9)10/h4,12H2,1-3H3. The first kappa shape index (κ1) is 11.1. The van der Waals surface area contributed by atoms with Crippen LogP contribution >= 0.6 is 9.24 Å². The molecule has 1 aliphatic heterocycles. The van der Waals surface area contributed by atoms with Crippen molar-refractivity contribution in [3.8, 4) is 0 Å². The van der Waals surface area contributed by atoms with Crippen LogP contribution in [-0.2, 0) is 19.4 Å². The Bertz CT molecular complexity index is 346. The fraction of sp³-hybridized carbons (Fsp3) is 0.857. The van der Waals surface area contributed by atoms with Gasteiger partial charge in [-0.25, -0.2) is 8.42 Å². The van der Waals surface area contributed by atoms with Crippen LogP contribution in [0.5, 0.6) is 0 Å². The third-order valence-corrected chi connectivity index (χ3v) is 3.62. The molecule has 0 aliphatic carbocycles. The monoisotopic (exact) mass is 224 g/mol. The van der Waals surface area contributed by atoms with Crippen LogP contribution in [0.4, 0.5) is 0 Å². The van der Waals surface area contributed by atoms with Gasteiger partial charge in [0.15, 0.2) is 21.0 Å². The lowest BCUT2D eigenvalue weighted by atomic mass is 10.00. The zero-order chi connectivity index (χ0) is 10.5. The molecule has 2 unspecified atom stereocenters. The van der Waals surface area contributed by atoms with Crippen LogP contribution in [0.2, 0.25) is 0 Å². The Morgan fingerprint density at radius 3 is 1.92 bits per heavy atom. The molecule has 13 heavy (non-hydrogen) atoms. The number of carbonyl (C=O) groups excluding carboxylic acids is 1. The van der Waals surface area contributed by atoms with Crippen molar-refractivity contribution in [2.45, 2.75) is 25.0 Å². The fourth-order valence-electron chi connectivity index (χ4n) is 1.40. The van der Waals surface area contributed by atoms with Crippen molar-refractivity contribution in [2.24, 2.45) is 0 Å². The largest absolute Gasteiger partial charge is 0.353 e. The van der Waals surface area contributed by atoms with E-state index in [2.05, 4.69) is 0 Å². The van der Waals surface area contributed by atoms with Gasteiger partial charge in [-0.3, -0.25) is 4.79 Å². The summed E-state index contributed by atoms with van der Waals surface area (Å²) in [5.41, 5.74) is -2.09. The highest BCUT2D eigenvalue weighted by molar-refractivity contribution is 7.90. The SMILES string of the molecule is CC1(C)OC1(CS(C)(=O)=O)C(=O)P. The Morgan fingerprint density at radius 1 is 1.46 bits per heavy atom. The number of hydrogen-bond donors (Lipinski definition) is 0. The third kappa shape index (κ3) is 1.92. The Hall–Kier alpha value is 0.01000. The molecule has 0 bridgehead atoms. The Balaban J connectivity index is 2.94. The predicted octanol–water partition coefficient (Wildman–Crippen LogP) is -0.0197. The number of hydrogen-bond acceptors (Lipinski definition) is 4. The number of rotatable bonds is 3. The van der Waals surface area contributed by atoms with E-state index >= 15 is 0 Å². The molecule has 1 fully saturated rings. The van der Waals surface area contributed by atoms with Gasteiger partial charge in [0.25, 0.3) is 0 Å². The molecule has 2 atom stereocenters. The highest BCUT2D eigenvalue weighted by Gasteiger charge is 2.68. The minimum absolute atomic E-state index is 0.241. The molecule has 0 saturated carbocycles. The van der Waals surface area contributed by atoms with Crippen LogP contribution in [0, 0.1) is 0 Å². The van der Waals surface area contributed by atoms with Gasteiger partial charge in [-0.15, -0.1) is 0 Å². The van der Waals surface area contributed by atoms with E-state index in [0.29, 0.717) is 0 Å². The zero-order valence-corrected chi connectivity index (χ0v) is 9.80. The number of ether oxygens (including phenoxy) is 1. The number of carbonyl (C=O) groups is 1. The summed E-state index contributed by atoms with van der Waals surface area (Å²) >= 11 is 0. The second kappa shape index (κ2) is 2.75. The zero-order valence-electron chi connectivity index (χ0n) is 7.83. The van der Waals surface area contributed by atoms with E-state index in [4.69, 9.17) is 4.74 Å². The predicted molar refractivity (Wildman–Crippen MR) is 52.3 cm³/mol. The fourth-order valence-corrected chi connectivity index (χ4v) is 3.34. The lowest BCUT2D eigenvalue weighted by Crippen LogP contribution is -2.35. The van der Waals surface area contributed by atoms with E-state index in [0.717, 1.165) is 6.26 Å². The van der Waals surface area contributed by atoms with Gasteiger partial charge in [0.05, 0.1) is 5.75 Å². The summed E-state index contributed by atoms with van der Waals surface area (Å²) in [6, 6.07) is 0. The molecule has 1 saturated heterocycles. The molecule has 1 rings (SSSR count). The van der Waals surface area contributed by atoms with Crippen molar-refractivity contribution in [2.75, 3.05) is 12.0 Å². The topological polar surface area (TPSA) is 63.7 Å². The molecule has 0 N–H and O–H groups in total. The van der Waals surface area contributed by atoms with Crippen LogP contribution in [0.1, 0.15) is 13.8 Å². The van der Waals surface area contributed by atoms with Gasteiger partial charge in [-0.2, -0.15) is 0 Å². The van der Waals surface area contributed by atoms with Crippen LogP contribution in [0.3, 0.4) is 0 Å². The molecule has 0 aromatic carbocycles. The van der Waals surface area contributed by atoms with Gasteiger partial charge in [0.2, 0.25) is 0 Å². The van der Waals surface area contributed by atoms with E-state index in [1.165, 1.54) is 0 Å². The van der Waals surface area contributed by atoms with Crippen LogP contribution < -0.4 is 0 Å². The van der Waals surface area contributed by atoms with Crippen molar-refractivity contribution in [3.05, 3.63) is 0 Å². The van der Waals surface area contributed by atoms with Crippen molar-refractivity contribution < 1.29 is 17.9 Å². The molecular formula is C7H13O4PS. The van der Waals surface area contributed by atoms with Gasteiger partial charge in [-0.1, -0.05) is 9.24 Å². The lowest BCUT2D eigenvalue weighted by Gasteiger charge is -2.09. The molecule has 76 valence electrons. The summed E-state index contributed by atoms with van der Waals surface area (Å²) in [5, 5.41) is 0. The maximum absolute atomic E-state index is 11.2. The summed E-state index contributed by atoms with van der Waals surface area (Å²) in [4.78, 5) is 11.2. The Labute approximate surface area is 80.2 Å². The normalized spacial score (nSPS) is 31.4. The summed E-state index contributed by atoms with van der Waals surface area (Å²) in [7, 11) is -1.21. The molecule has 6 heteroatoms. The van der Waals surface area contributed by atoms with Crippen molar-refractivity contribution >= 4 is 24.6 Å². The molecule has 0 aromatic heterocycles. The van der Waals surface area contributed by atoms with Gasteiger partial charge >= 0.3 is 0 Å². The molecule has 0 spiro atoms. The highest BCUT2D eigenvalue weighted by atomic mass is 32.2. The van der Waals surface area contributed by atoms with Gasteiger partial charge < -0.3 is 4.74 Å². The van der Waals surface area contributed by atoms with E-state index < -0.39 is 21.0 Å². The molecule has 1 heterocycles. The first-order valence-corrected chi connectivity index (χ1v) is 6.42. The second-order valence-electron chi connectivity index (χ2n) is 3.87. The molecule has 0 radical (unpaired) electrons. The van der Waals surface area contributed by atoms with E-state index in [1.807, 2.05) is 9.24 Å². The first-order valence-electron chi connectivity index (χ1n) is 3.78. The molecule has 0 amide bonds. The minimum Gasteiger partial charge on any atom is -0.353 e. The summed E-state index contributed by atoms with van der Waals surface area (Å²) in [5.74, 6) is -0.241. The highest BCUT2D eigenvalue weighted by Crippen LogP contribution is 2.50. The van der Waals surface area contributed by atoms with Gasteiger partial charge in [0.1, 0.15) is 5.60 Å². The summed E-state index contributed by atoms with van der Waals surface area (Å²) in [6.45, 7) is 3.42. The number of sulfone groups is 1. The average Bonchev–Trinajstić information content (AvgIpc) is 2.30. The van der Waals surface area contributed by atoms with Gasteiger partial charge in [-0.05, 0) is 13.8 Å². The summed E-state index contributed by atoms with van der Waals surface area (Å²) in [6.07, 6.45) is 1.10. The first-order chi connectivity index (χ1) is 5.61. The quantitative estimate of drug-likeness (QED) is 0.499. The molecule has 4 nitrogen and oxygen atoms in total. The summed E-state index contributed by atoms with van der Waals surface area (Å²) < 4.78 is 27.3. The van der Waals surface area contributed by atoms with Crippen LogP contribution in [-0.4, -0.2) is 37.2 Å². The smallest absolute Gasteiger partial charge is 0.183 e. The van der Waals surface area contributed by atoms with Crippen LogP contribution in [0.25, 0.3) is 0 Å². The van der Waals surface area contributed by atoms with Crippen molar-refractivity contribution in [3.63, 3.8) is 0 Å².